The van der Waals surface area contributed by atoms with E-state index in [2.05, 4.69) is 55.1 Å². The molecule has 1 fully saturated rings. The summed E-state index contributed by atoms with van der Waals surface area (Å²) in [5.41, 5.74) is 2.37. The number of hydrogen-bond donors (Lipinski definition) is 1. The van der Waals surface area contributed by atoms with Gasteiger partial charge in [-0.25, -0.2) is 0 Å². The summed E-state index contributed by atoms with van der Waals surface area (Å²) in [4.78, 5) is 15.0. The number of aromatic nitrogens is 2. The van der Waals surface area contributed by atoms with Gasteiger partial charge in [0.1, 0.15) is 0 Å². The summed E-state index contributed by atoms with van der Waals surface area (Å²) in [6, 6.07) is 10.3. The number of nitrogens with zero attached hydrogens (tertiary/aromatic N) is 3. The normalized spacial score (nSPS) is 21.9. The number of ether oxygens (including phenoxy) is 1. The van der Waals surface area contributed by atoms with Crippen LogP contribution in [0.1, 0.15) is 69.6 Å². The van der Waals surface area contributed by atoms with Crippen LogP contribution in [0.25, 0.3) is 0 Å². The van der Waals surface area contributed by atoms with Gasteiger partial charge in [0.25, 0.3) is 5.91 Å². The molecule has 0 spiro atoms. The highest BCUT2D eigenvalue weighted by Crippen LogP contribution is 2.36. The van der Waals surface area contributed by atoms with Crippen LogP contribution >= 0.6 is 0 Å². The Morgan fingerprint density at radius 3 is 2.43 bits per heavy atom. The Balaban J connectivity index is 1.69. The number of anilines is 1. The van der Waals surface area contributed by atoms with Crippen LogP contribution in [0.5, 0.6) is 0 Å². The fourth-order valence-electron chi connectivity index (χ4n) is 4.25. The van der Waals surface area contributed by atoms with Gasteiger partial charge in [0.05, 0.1) is 12.2 Å². The lowest BCUT2D eigenvalue weighted by molar-refractivity contribution is -0.101. The van der Waals surface area contributed by atoms with Crippen molar-refractivity contribution in [3.8, 4) is 0 Å². The van der Waals surface area contributed by atoms with Crippen LogP contribution in [0.2, 0.25) is 0 Å². The summed E-state index contributed by atoms with van der Waals surface area (Å²) < 4.78 is 8.23. The van der Waals surface area contributed by atoms with Crippen molar-refractivity contribution in [3.63, 3.8) is 0 Å². The number of benzene rings is 1. The third-order valence-electron chi connectivity index (χ3n) is 6.14. The first-order valence-corrected chi connectivity index (χ1v) is 11.3. The van der Waals surface area contributed by atoms with E-state index in [1.807, 2.05) is 25.3 Å². The molecule has 0 radical (unpaired) electrons. The third-order valence-corrected chi connectivity index (χ3v) is 6.14. The molecule has 1 aromatic heterocycles. The molecule has 3 rings (SSSR count). The topological polar surface area (TPSA) is 59.4 Å². The first-order chi connectivity index (χ1) is 14.4. The van der Waals surface area contributed by atoms with Gasteiger partial charge in [0.2, 0.25) is 0 Å². The van der Waals surface area contributed by atoms with Gasteiger partial charge in [-0.2, -0.15) is 5.10 Å². The lowest BCUT2D eigenvalue weighted by Gasteiger charge is -2.42. The van der Waals surface area contributed by atoms with Gasteiger partial charge in [-0.05, 0) is 62.5 Å². The molecule has 30 heavy (non-hydrogen) atoms. The van der Waals surface area contributed by atoms with Gasteiger partial charge < -0.3 is 15.0 Å². The average molecular weight is 413 g/mol. The van der Waals surface area contributed by atoms with E-state index >= 15 is 0 Å². The second-order valence-electron chi connectivity index (χ2n) is 8.39. The lowest BCUT2D eigenvalue weighted by atomic mass is 9.89. The average Bonchev–Trinajstić information content (AvgIpc) is 3.24. The zero-order valence-electron chi connectivity index (χ0n) is 19.0. The molecule has 1 aromatic carbocycles. The predicted octanol–water partition coefficient (Wildman–Crippen LogP) is 4.74. The SMILES string of the molecule is CCN(CC)[C@H]1C[C@@H](c2ccc(NC(=O)c3ccn(CC)n3)cc2)O[C@@H](C(C)C)C1. The summed E-state index contributed by atoms with van der Waals surface area (Å²) in [6.45, 7) is 13.8. The van der Waals surface area contributed by atoms with Crippen molar-refractivity contribution in [2.45, 2.75) is 72.3 Å². The van der Waals surface area contributed by atoms with E-state index in [0.29, 0.717) is 17.7 Å². The predicted molar refractivity (Wildman–Crippen MR) is 121 cm³/mol. The Kier molecular flexibility index (Phi) is 7.67. The van der Waals surface area contributed by atoms with Crippen LogP contribution in [0.15, 0.2) is 36.5 Å². The lowest BCUT2D eigenvalue weighted by Crippen LogP contribution is -2.44. The minimum absolute atomic E-state index is 0.0850. The highest BCUT2D eigenvalue weighted by Gasteiger charge is 2.34. The van der Waals surface area contributed by atoms with E-state index in [1.165, 1.54) is 5.56 Å². The molecule has 1 aliphatic rings. The van der Waals surface area contributed by atoms with Crippen molar-refractivity contribution in [1.82, 2.24) is 14.7 Å². The minimum Gasteiger partial charge on any atom is -0.370 e. The quantitative estimate of drug-likeness (QED) is 0.680. The summed E-state index contributed by atoms with van der Waals surface area (Å²) >= 11 is 0. The van der Waals surface area contributed by atoms with Crippen molar-refractivity contribution in [3.05, 3.63) is 47.8 Å². The number of rotatable bonds is 8. The molecule has 6 heteroatoms. The molecule has 6 nitrogen and oxygen atoms in total. The Hall–Kier alpha value is -2.18. The first kappa shape index (κ1) is 22.5. The van der Waals surface area contributed by atoms with E-state index in [1.54, 1.807) is 10.7 Å². The number of aryl methyl sites for hydroxylation is 1. The van der Waals surface area contributed by atoms with E-state index in [0.717, 1.165) is 38.2 Å². The molecule has 2 heterocycles. The zero-order chi connectivity index (χ0) is 21.7. The molecular weight excluding hydrogens is 376 g/mol. The van der Waals surface area contributed by atoms with Crippen molar-refractivity contribution in [2.75, 3.05) is 18.4 Å². The number of amides is 1. The molecule has 164 valence electrons. The zero-order valence-corrected chi connectivity index (χ0v) is 19.0. The summed E-state index contributed by atoms with van der Waals surface area (Å²) in [6.07, 6.45) is 4.26. The number of carbonyl (C=O) groups is 1. The van der Waals surface area contributed by atoms with Crippen LogP contribution < -0.4 is 5.32 Å². The Bertz CT molecular complexity index is 811. The Morgan fingerprint density at radius 2 is 1.87 bits per heavy atom. The minimum atomic E-state index is -0.190. The molecule has 0 bridgehead atoms. The maximum atomic E-state index is 12.4. The van der Waals surface area contributed by atoms with Crippen LogP contribution in [0, 0.1) is 5.92 Å². The van der Waals surface area contributed by atoms with E-state index in [4.69, 9.17) is 4.74 Å². The summed E-state index contributed by atoms with van der Waals surface area (Å²) in [5, 5.41) is 7.20. The Morgan fingerprint density at radius 1 is 1.17 bits per heavy atom. The standard InChI is InChI=1S/C24H36N4O2/c1-6-27(7-2)20-15-22(17(4)5)30-23(16-20)18-9-11-19(12-10-18)25-24(29)21-13-14-28(8-3)26-21/h9-14,17,20,22-23H,6-8,15-16H2,1-5H3,(H,25,29)/t20-,22-,23+/m1/s1. The van der Waals surface area contributed by atoms with Gasteiger partial charge in [0.15, 0.2) is 5.69 Å². The van der Waals surface area contributed by atoms with Gasteiger partial charge in [-0.3, -0.25) is 9.48 Å². The summed E-state index contributed by atoms with van der Waals surface area (Å²) in [5.74, 6) is 0.303. The largest absolute Gasteiger partial charge is 0.370 e. The summed E-state index contributed by atoms with van der Waals surface area (Å²) in [7, 11) is 0. The van der Waals surface area contributed by atoms with Crippen LogP contribution in [0.3, 0.4) is 0 Å². The maximum Gasteiger partial charge on any atom is 0.276 e. The van der Waals surface area contributed by atoms with E-state index < -0.39 is 0 Å². The van der Waals surface area contributed by atoms with Gasteiger partial charge in [-0.15, -0.1) is 0 Å². The molecule has 1 saturated heterocycles. The molecule has 1 N–H and O–H groups in total. The fourth-order valence-corrected chi connectivity index (χ4v) is 4.25. The van der Waals surface area contributed by atoms with Crippen LogP contribution in [-0.2, 0) is 11.3 Å². The smallest absolute Gasteiger partial charge is 0.276 e. The van der Waals surface area contributed by atoms with Crippen molar-refractivity contribution >= 4 is 11.6 Å². The number of hydrogen-bond acceptors (Lipinski definition) is 4. The van der Waals surface area contributed by atoms with Gasteiger partial charge in [-0.1, -0.05) is 39.8 Å². The molecule has 2 aromatic rings. The van der Waals surface area contributed by atoms with Gasteiger partial charge >= 0.3 is 0 Å². The second-order valence-corrected chi connectivity index (χ2v) is 8.39. The van der Waals surface area contributed by atoms with E-state index in [9.17, 15) is 4.79 Å². The molecule has 3 atom stereocenters. The maximum absolute atomic E-state index is 12.4. The molecule has 0 saturated carbocycles. The van der Waals surface area contributed by atoms with Gasteiger partial charge in [0, 0.05) is 24.5 Å². The fraction of sp³-hybridized carbons (Fsp3) is 0.583. The second kappa shape index (κ2) is 10.2. The third kappa shape index (κ3) is 5.29. The highest BCUT2D eigenvalue weighted by molar-refractivity contribution is 6.02. The van der Waals surface area contributed by atoms with Crippen LogP contribution in [0.4, 0.5) is 5.69 Å². The van der Waals surface area contributed by atoms with Crippen LogP contribution in [-0.4, -0.2) is 45.8 Å². The Labute approximate surface area is 180 Å². The number of carbonyl (C=O) groups excluding carboxylic acids is 1. The molecule has 0 aliphatic carbocycles. The highest BCUT2D eigenvalue weighted by atomic mass is 16.5. The number of nitrogens with one attached hydrogen (secondary N) is 1. The monoisotopic (exact) mass is 412 g/mol. The first-order valence-electron chi connectivity index (χ1n) is 11.3. The van der Waals surface area contributed by atoms with Crippen molar-refractivity contribution in [1.29, 1.82) is 0 Å². The molecule has 0 unspecified atom stereocenters. The molecular formula is C24H36N4O2. The molecule has 1 amide bonds. The van der Waals surface area contributed by atoms with Crippen molar-refractivity contribution in [2.24, 2.45) is 5.92 Å². The van der Waals surface area contributed by atoms with Crippen molar-refractivity contribution < 1.29 is 9.53 Å². The van der Waals surface area contributed by atoms with E-state index in [-0.39, 0.29) is 18.1 Å². The molecule has 1 aliphatic heterocycles.